The van der Waals surface area contributed by atoms with Crippen LogP contribution < -0.4 is 4.90 Å². The van der Waals surface area contributed by atoms with Crippen molar-refractivity contribution < 1.29 is 37.0 Å². The molecular formula is C20H16F3NO5S. The monoisotopic (exact) mass is 439 g/mol. The Bertz CT molecular complexity index is 974. The first kappa shape index (κ1) is 21.7. The lowest BCUT2D eigenvalue weighted by atomic mass is 10.1. The second kappa shape index (κ2) is 8.39. The predicted octanol–water partition coefficient (Wildman–Crippen LogP) is 4.06. The summed E-state index contributed by atoms with van der Waals surface area (Å²) in [5.41, 5.74) is -0.385. The number of alkyl halides is 3. The zero-order chi connectivity index (χ0) is 22.1. The molecule has 158 valence electrons. The summed E-state index contributed by atoms with van der Waals surface area (Å²) < 4.78 is 48.7. The average molecular weight is 439 g/mol. The van der Waals surface area contributed by atoms with E-state index in [2.05, 4.69) is 9.47 Å². The van der Waals surface area contributed by atoms with Crippen molar-refractivity contribution in [3.05, 3.63) is 64.7 Å². The maximum absolute atomic E-state index is 13.1. The van der Waals surface area contributed by atoms with Gasteiger partial charge >= 0.3 is 18.1 Å². The molecule has 1 amide bonds. The van der Waals surface area contributed by atoms with E-state index in [9.17, 15) is 27.6 Å². The molecule has 6 nitrogen and oxygen atoms in total. The van der Waals surface area contributed by atoms with Crippen molar-refractivity contribution in [2.45, 2.75) is 11.6 Å². The van der Waals surface area contributed by atoms with E-state index in [-0.39, 0.29) is 34.0 Å². The highest BCUT2D eigenvalue weighted by Crippen LogP contribution is 2.43. The molecule has 3 rings (SSSR count). The van der Waals surface area contributed by atoms with Crippen molar-refractivity contribution in [2.75, 3.05) is 24.9 Å². The number of carbonyl (C=O) groups is 3. The summed E-state index contributed by atoms with van der Waals surface area (Å²) in [6.45, 7) is 0. The van der Waals surface area contributed by atoms with E-state index in [1.54, 1.807) is 0 Å². The first-order valence-corrected chi connectivity index (χ1v) is 9.63. The zero-order valence-corrected chi connectivity index (χ0v) is 16.7. The topological polar surface area (TPSA) is 72.9 Å². The van der Waals surface area contributed by atoms with Crippen LogP contribution in [0.3, 0.4) is 0 Å². The van der Waals surface area contributed by atoms with Gasteiger partial charge in [-0.2, -0.15) is 13.2 Å². The molecule has 0 aromatic heterocycles. The smallest absolute Gasteiger partial charge is 0.416 e. The second-order valence-electron chi connectivity index (χ2n) is 6.30. The van der Waals surface area contributed by atoms with Gasteiger partial charge < -0.3 is 9.47 Å². The van der Waals surface area contributed by atoms with Crippen LogP contribution in [-0.2, 0) is 20.4 Å². The number of thioether (sulfide) groups is 1. The van der Waals surface area contributed by atoms with Crippen LogP contribution in [0.25, 0.3) is 0 Å². The van der Waals surface area contributed by atoms with Gasteiger partial charge in [-0.05, 0) is 35.9 Å². The van der Waals surface area contributed by atoms with E-state index in [0.717, 1.165) is 38.1 Å². The largest absolute Gasteiger partial charge is 0.465 e. The first-order valence-electron chi connectivity index (χ1n) is 8.58. The lowest BCUT2D eigenvalue weighted by Crippen LogP contribution is -2.28. The molecule has 10 heteroatoms. The predicted molar refractivity (Wildman–Crippen MR) is 103 cm³/mol. The van der Waals surface area contributed by atoms with Crippen molar-refractivity contribution in [2.24, 2.45) is 0 Å². The van der Waals surface area contributed by atoms with Crippen LogP contribution >= 0.6 is 11.8 Å². The highest BCUT2D eigenvalue weighted by atomic mass is 32.2. The summed E-state index contributed by atoms with van der Waals surface area (Å²) in [5, 5.41) is -0.766. The lowest BCUT2D eigenvalue weighted by Gasteiger charge is -2.25. The van der Waals surface area contributed by atoms with Gasteiger partial charge in [-0.1, -0.05) is 12.1 Å². The van der Waals surface area contributed by atoms with Gasteiger partial charge in [0.05, 0.1) is 36.7 Å². The molecule has 1 atom stereocenters. The maximum atomic E-state index is 13.1. The van der Waals surface area contributed by atoms with Crippen LogP contribution in [0.15, 0.2) is 42.5 Å². The van der Waals surface area contributed by atoms with Gasteiger partial charge in [0.15, 0.2) is 0 Å². The van der Waals surface area contributed by atoms with Gasteiger partial charge in [0, 0.05) is 5.69 Å². The van der Waals surface area contributed by atoms with Crippen molar-refractivity contribution in [1.29, 1.82) is 0 Å². The fraction of sp³-hybridized carbons (Fsp3) is 0.250. The van der Waals surface area contributed by atoms with Crippen LogP contribution in [0, 0.1) is 0 Å². The number of benzene rings is 2. The Morgan fingerprint density at radius 1 is 1.03 bits per heavy atom. The molecule has 0 spiro atoms. The molecule has 1 aliphatic heterocycles. The number of halogens is 3. The van der Waals surface area contributed by atoms with E-state index in [4.69, 9.17) is 0 Å². The first-order chi connectivity index (χ1) is 14.2. The van der Waals surface area contributed by atoms with Crippen molar-refractivity contribution in [1.82, 2.24) is 0 Å². The van der Waals surface area contributed by atoms with Crippen LogP contribution in [0.5, 0.6) is 0 Å². The summed E-state index contributed by atoms with van der Waals surface area (Å²) in [6.07, 6.45) is -4.53. The molecule has 1 heterocycles. The van der Waals surface area contributed by atoms with E-state index in [1.807, 2.05) is 0 Å². The Morgan fingerprint density at radius 2 is 1.63 bits per heavy atom. The summed E-state index contributed by atoms with van der Waals surface area (Å²) in [5.74, 6) is -1.83. The van der Waals surface area contributed by atoms with Crippen LogP contribution in [0.2, 0.25) is 0 Å². The van der Waals surface area contributed by atoms with E-state index in [1.165, 1.54) is 35.2 Å². The highest BCUT2D eigenvalue weighted by molar-refractivity contribution is 8.00. The summed E-state index contributed by atoms with van der Waals surface area (Å²) >= 11 is 1.14. The maximum Gasteiger partial charge on any atom is 0.416 e. The Morgan fingerprint density at radius 3 is 2.17 bits per heavy atom. The molecule has 30 heavy (non-hydrogen) atoms. The summed E-state index contributed by atoms with van der Waals surface area (Å²) in [4.78, 5) is 37.9. The third-order valence-corrected chi connectivity index (χ3v) is 5.62. The van der Waals surface area contributed by atoms with Gasteiger partial charge in [0.1, 0.15) is 5.37 Å². The van der Waals surface area contributed by atoms with E-state index < -0.39 is 29.1 Å². The Balaban J connectivity index is 2.10. The van der Waals surface area contributed by atoms with Crippen LogP contribution in [-0.4, -0.2) is 37.8 Å². The lowest BCUT2D eigenvalue weighted by molar-refractivity contribution is -0.137. The number of ether oxygens (including phenoxy) is 2. The Kier molecular flexibility index (Phi) is 6.06. The standard InChI is InChI=1S/C20H16F3NO5S/c1-28-18(26)12-6-13(19(27)29-2)9-15(8-12)24-16(25)10-30-17(24)11-4-3-5-14(7-11)20(21,22)23/h3-9,17H,10H2,1-2H3/t17-/m1/s1. The minimum Gasteiger partial charge on any atom is -0.465 e. The minimum absolute atomic E-state index is 0.00268. The number of carbonyl (C=O) groups excluding carboxylic acids is 3. The SMILES string of the molecule is COC(=O)c1cc(C(=O)OC)cc(N2C(=O)CS[C@@H]2c2cccc(C(F)(F)F)c2)c1. The molecule has 0 N–H and O–H groups in total. The Hall–Kier alpha value is -3.01. The fourth-order valence-electron chi connectivity index (χ4n) is 3.04. The van der Waals surface area contributed by atoms with E-state index in [0.29, 0.717) is 0 Å². The molecule has 2 aromatic rings. The number of rotatable bonds is 4. The molecule has 1 aliphatic rings. The van der Waals surface area contributed by atoms with Crippen molar-refractivity contribution in [3.63, 3.8) is 0 Å². The second-order valence-corrected chi connectivity index (χ2v) is 7.37. The Labute approximate surface area is 173 Å². The summed E-state index contributed by atoms with van der Waals surface area (Å²) in [7, 11) is 2.32. The third kappa shape index (κ3) is 4.28. The summed E-state index contributed by atoms with van der Waals surface area (Å²) in [6, 6.07) is 8.64. The molecule has 0 aliphatic carbocycles. The number of esters is 2. The van der Waals surface area contributed by atoms with Crippen molar-refractivity contribution >= 4 is 35.3 Å². The van der Waals surface area contributed by atoms with Crippen LogP contribution in [0.4, 0.5) is 18.9 Å². The van der Waals surface area contributed by atoms with Gasteiger partial charge in [-0.3, -0.25) is 9.69 Å². The minimum atomic E-state index is -4.53. The van der Waals surface area contributed by atoms with Crippen LogP contribution in [0.1, 0.15) is 37.2 Å². The molecule has 1 fully saturated rings. The fourth-order valence-corrected chi connectivity index (χ4v) is 4.21. The van der Waals surface area contributed by atoms with E-state index >= 15 is 0 Å². The van der Waals surface area contributed by atoms with Gasteiger partial charge in [0.2, 0.25) is 5.91 Å². The number of anilines is 1. The highest BCUT2D eigenvalue weighted by Gasteiger charge is 2.37. The number of hydrogen-bond acceptors (Lipinski definition) is 6. The number of nitrogens with zero attached hydrogens (tertiary/aromatic N) is 1. The number of amides is 1. The molecule has 0 radical (unpaired) electrons. The molecular weight excluding hydrogens is 423 g/mol. The van der Waals surface area contributed by atoms with Crippen molar-refractivity contribution in [3.8, 4) is 0 Å². The molecule has 2 aromatic carbocycles. The molecule has 0 unspecified atom stereocenters. The van der Waals surface area contributed by atoms with Gasteiger partial charge in [0.25, 0.3) is 0 Å². The van der Waals surface area contributed by atoms with Gasteiger partial charge in [-0.15, -0.1) is 11.8 Å². The van der Waals surface area contributed by atoms with Gasteiger partial charge in [-0.25, -0.2) is 9.59 Å². The number of hydrogen-bond donors (Lipinski definition) is 0. The quantitative estimate of drug-likeness (QED) is 0.669. The third-order valence-electron chi connectivity index (χ3n) is 4.41. The normalized spacial score (nSPS) is 16.5. The molecule has 1 saturated heterocycles. The average Bonchev–Trinajstić information content (AvgIpc) is 3.13. The zero-order valence-electron chi connectivity index (χ0n) is 15.9. The molecule has 0 bridgehead atoms. The molecule has 0 saturated carbocycles. The number of methoxy groups -OCH3 is 2.